The van der Waals surface area contributed by atoms with Crippen molar-refractivity contribution < 1.29 is 27.5 Å². The SMILES string of the molecule is COc1ccc(C(=O)C2CCN(C(=O)c3ccc(F)c(F)c3F)CC2)cc1. The normalized spacial score (nSPS) is 14.9. The molecular weight excluding hydrogens is 359 g/mol. The summed E-state index contributed by atoms with van der Waals surface area (Å²) in [5.41, 5.74) is 0.0565. The van der Waals surface area contributed by atoms with Crippen LogP contribution in [0.4, 0.5) is 13.2 Å². The fourth-order valence-electron chi connectivity index (χ4n) is 3.20. The van der Waals surface area contributed by atoms with Crippen molar-refractivity contribution >= 4 is 11.7 Å². The van der Waals surface area contributed by atoms with Gasteiger partial charge in [0.25, 0.3) is 5.91 Å². The zero-order valence-corrected chi connectivity index (χ0v) is 14.7. The molecule has 2 aromatic carbocycles. The summed E-state index contributed by atoms with van der Waals surface area (Å²) in [4.78, 5) is 26.3. The van der Waals surface area contributed by atoms with Crippen molar-refractivity contribution in [3.63, 3.8) is 0 Å². The Morgan fingerprint density at radius 2 is 1.59 bits per heavy atom. The Balaban J connectivity index is 1.65. The lowest BCUT2D eigenvalue weighted by Gasteiger charge is -2.31. The second-order valence-corrected chi connectivity index (χ2v) is 6.38. The van der Waals surface area contributed by atoms with E-state index in [1.165, 1.54) is 4.90 Å². The molecule has 3 rings (SSSR count). The highest BCUT2D eigenvalue weighted by Gasteiger charge is 2.30. The van der Waals surface area contributed by atoms with E-state index in [0.717, 1.165) is 12.1 Å². The number of carbonyl (C=O) groups excluding carboxylic acids is 2. The molecule has 0 radical (unpaired) electrons. The van der Waals surface area contributed by atoms with Crippen molar-refractivity contribution in [3.8, 4) is 5.75 Å². The van der Waals surface area contributed by atoms with Gasteiger partial charge in [0, 0.05) is 24.6 Å². The molecule has 1 saturated heterocycles. The molecule has 0 aliphatic carbocycles. The first-order valence-electron chi connectivity index (χ1n) is 8.53. The second-order valence-electron chi connectivity index (χ2n) is 6.38. The van der Waals surface area contributed by atoms with Gasteiger partial charge in [-0.2, -0.15) is 0 Å². The van der Waals surface area contributed by atoms with Crippen LogP contribution in [0.5, 0.6) is 5.75 Å². The summed E-state index contributed by atoms with van der Waals surface area (Å²) in [6.45, 7) is 0.480. The molecule has 0 aromatic heterocycles. The highest BCUT2D eigenvalue weighted by molar-refractivity contribution is 5.98. The van der Waals surface area contributed by atoms with Crippen LogP contribution in [0.15, 0.2) is 36.4 Å². The fraction of sp³-hybridized carbons (Fsp3) is 0.300. The molecule has 2 aromatic rings. The third-order valence-corrected chi connectivity index (χ3v) is 4.79. The van der Waals surface area contributed by atoms with E-state index in [1.54, 1.807) is 31.4 Å². The van der Waals surface area contributed by atoms with Crippen molar-refractivity contribution in [1.82, 2.24) is 4.90 Å². The average Bonchev–Trinajstić information content (AvgIpc) is 2.71. The first-order valence-corrected chi connectivity index (χ1v) is 8.53. The number of Topliss-reactive ketones (excluding diaryl/α,β-unsaturated/α-hetero) is 1. The van der Waals surface area contributed by atoms with E-state index in [1.807, 2.05) is 0 Å². The highest BCUT2D eigenvalue weighted by atomic mass is 19.2. The van der Waals surface area contributed by atoms with Gasteiger partial charge < -0.3 is 9.64 Å². The van der Waals surface area contributed by atoms with Crippen molar-refractivity contribution in [2.24, 2.45) is 5.92 Å². The first kappa shape index (κ1) is 18.9. The quantitative estimate of drug-likeness (QED) is 0.601. The van der Waals surface area contributed by atoms with E-state index in [2.05, 4.69) is 0 Å². The molecule has 0 saturated carbocycles. The third kappa shape index (κ3) is 3.82. The summed E-state index contributed by atoms with van der Waals surface area (Å²) in [6.07, 6.45) is 0.837. The second kappa shape index (κ2) is 7.82. The lowest BCUT2D eigenvalue weighted by molar-refractivity contribution is 0.0645. The summed E-state index contributed by atoms with van der Waals surface area (Å²) in [5, 5.41) is 0. The van der Waals surface area contributed by atoms with Gasteiger partial charge in [0.05, 0.1) is 12.7 Å². The number of likely N-dealkylation sites (tertiary alicyclic amines) is 1. The molecule has 4 nitrogen and oxygen atoms in total. The molecule has 0 unspecified atom stereocenters. The number of carbonyl (C=O) groups is 2. The predicted molar refractivity (Wildman–Crippen MR) is 92.3 cm³/mol. The highest BCUT2D eigenvalue weighted by Crippen LogP contribution is 2.25. The molecule has 0 N–H and O–H groups in total. The maximum atomic E-state index is 13.8. The Hall–Kier alpha value is -2.83. The van der Waals surface area contributed by atoms with Crippen LogP contribution in [0.1, 0.15) is 33.6 Å². The first-order chi connectivity index (χ1) is 12.9. The molecule has 1 aliphatic heterocycles. The van der Waals surface area contributed by atoms with Gasteiger partial charge in [-0.1, -0.05) is 0 Å². The van der Waals surface area contributed by atoms with Crippen LogP contribution in [0.25, 0.3) is 0 Å². The molecule has 142 valence electrons. The van der Waals surface area contributed by atoms with Gasteiger partial charge >= 0.3 is 0 Å². The molecule has 0 bridgehead atoms. The molecule has 0 spiro atoms. The van der Waals surface area contributed by atoms with Crippen LogP contribution < -0.4 is 4.74 Å². The smallest absolute Gasteiger partial charge is 0.256 e. The number of piperidine rings is 1. The maximum absolute atomic E-state index is 13.8. The molecule has 1 fully saturated rings. The zero-order chi connectivity index (χ0) is 19.6. The van der Waals surface area contributed by atoms with E-state index in [4.69, 9.17) is 4.74 Å². The lowest BCUT2D eigenvalue weighted by atomic mass is 9.88. The number of ketones is 1. The lowest BCUT2D eigenvalue weighted by Crippen LogP contribution is -2.40. The Labute approximate surface area is 154 Å². The van der Waals surface area contributed by atoms with Gasteiger partial charge in [0.2, 0.25) is 0 Å². The number of amides is 1. The van der Waals surface area contributed by atoms with Crippen molar-refractivity contribution in [1.29, 1.82) is 0 Å². The van der Waals surface area contributed by atoms with E-state index in [9.17, 15) is 22.8 Å². The molecular formula is C20H18F3NO3. The minimum atomic E-state index is -1.66. The molecule has 1 aliphatic rings. The van der Waals surface area contributed by atoms with Gasteiger partial charge in [0.15, 0.2) is 23.2 Å². The number of hydrogen-bond donors (Lipinski definition) is 0. The Bertz CT molecular complexity index is 860. The van der Waals surface area contributed by atoms with E-state index < -0.39 is 28.9 Å². The summed E-state index contributed by atoms with van der Waals surface area (Å²) in [5.74, 6) is -4.82. The van der Waals surface area contributed by atoms with Gasteiger partial charge in [0.1, 0.15) is 5.75 Å². The zero-order valence-electron chi connectivity index (χ0n) is 14.7. The fourth-order valence-corrected chi connectivity index (χ4v) is 3.20. The Morgan fingerprint density at radius 1 is 0.963 bits per heavy atom. The number of rotatable bonds is 4. The van der Waals surface area contributed by atoms with Crippen LogP contribution in [-0.4, -0.2) is 36.8 Å². The van der Waals surface area contributed by atoms with Crippen LogP contribution in [0.3, 0.4) is 0 Å². The number of benzene rings is 2. The average molecular weight is 377 g/mol. The minimum absolute atomic E-state index is 0.0243. The number of halogens is 3. The van der Waals surface area contributed by atoms with Crippen LogP contribution in [-0.2, 0) is 0 Å². The topological polar surface area (TPSA) is 46.6 Å². The Kier molecular flexibility index (Phi) is 5.48. The molecule has 1 amide bonds. The summed E-state index contributed by atoms with van der Waals surface area (Å²) >= 11 is 0. The van der Waals surface area contributed by atoms with Crippen LogP contribution in [0, 0.1) is 23.4 Å². The monoisotopic (exact) mass is 377 g/mol. The van der Waals surface area contributed by atoms with Crippen molar-refractivity contribution in [2.75, 3.05) is 20.2 Å². The summed E-state index contributed by atoms with van der Waals surface area (Å²) < 4.78 is 45.3. The Morgan fingerprint density at radius 3 is 2.19 bits per heavy atom. The largest absolute Gasteiger partial charge is 0.497 e. The van der Waals surface area contributed by atoms with E-state index in [0.29, 0.717) is 24.2 Å². The summed E-state index contributed by atoms with van der Waals surface area (Å²) in [6, 6.07) is 8.45. The van der Waals surface area contributed by atoms with Gasteiger partial charge in [-0.15, -0.1) is 0 Å². The van der Waals surface area contributed by atoms with E-state index >= 15 is 0 Å². The van der Waals surface area contributed by atoms with Gasteiger partial charge in [-0.3, -0.25) is 9.59 Å². The molecule has 1 heterocycles. The van der Waals surface area contributed by atoms with Crippen LogP contribution in [0.2, 0.25) is 0 Å². The molecule has 0 atom stereocenters. The van der Waals surface area contributed by atoms with Gasteiger partial charge in [-0.05, 0) is 49.2 Å². The van der Waals surface area contributed by atoms with Gasteiger partial charge in [-0.25, -0.2) is 13.2 Å². The number of nitrogens with zero attached hydrogens (tertiary/aromatic N) is 1. The number of hydrogen-bond acceptors (Lipinski definition) is 3. The molecule has 27 heavy (non-hydrogen) atoms. The third-order valence-electron chi connectivity index (χ3n) is 4.79. The standard InChI is InChI=1S/C20H18F3NO3/c1-27-14-4-2-12(3-5-14)19(25)13-8-10-24(11-9-13)20(26)15-6-7-16(21)18(23)17(15)22/h2-7,13H,8-11H2,1H3. The minimum Gasteiger partial charge on any atom is -0.497 e. The van der Waals surface area contributed by atoms with E-state index in [-0.39, 0.29) is 24.8 Å². The molecule has 7 heteroatoms. The number of methoxy groups -OCH3 is 1. The van der Waals surface area contributed by atoms with Crippen molar-refractivity contribution in [3.05, 3.63) is 65.0 Å². The number of ether oxygens (including phenoxy) is 1. The summed E-state index contributed by atoms with van der Waals surface area (Å²) in [7, 11) is 1.54. The predicted octanol–water partition coefficient (Wildman–Crippen LogP) is 3.85. The van der Waals surface area contributed by atoms with Crippen molar-refractivity contribution in [2.45, 2.75) is 12.8 Å². The maximum Gasteiger partial charge on any atom is 0.256 e. The van der Waals surface area contributed by atoms with Crippen LogP contribution >= 0.6 is 0 Å².